The monoisotopic (exact) mass is 379 g/mol. The topological polar surface area (TPSA) is 66.8 Å². The zero-order valence-electron chi connectivity index (χ0n) is 15.3. The van der Waals surface area contributed by atoms with E-state index in [0.717, 1.165) is 39.6 Å². The fourth-order valence-electron chi connectivity index (χ4n) is 3.16. The van der Waals surface area contributed by atoms with Crippen LogP contribution in [0.2, 0.25) is 0 Å². The number of hydrogen-bond acceptors (Lipinski definition) is 5. The number of H-pyrrole nitrogens is 1. The van der Waals surface area contributed by atoms with Gasteiger partial charge < -0.3 is 4.90 Å². The maximum atomic E-state index is 12.3. The molecule has 4 rings (SSSR count). The Bertz CT molecular complexity index is 1010. The van der Waals surface area contributed by atoms with Crippen LogP contribution in [0.3, 0.4) is 0 Å². The number of carbonyl (C=O) groups is 1. The minimum Gasteiger partial charge on any atom is -0.346 e. The molecular weight excluding hydrogens is 358 g/mol. The Morgan fingerprint density at radius 2 is 2.22 bits per heavy atom. The number of carbonyl (C=O) groups excluding carboxylic acids is 1. The lowest BCUT2D eigenvalue weighted by atomic mass is 10.1. The van der Waals surface area contributed by atoms with E-state index in [-0.39, 0.29) is 5.78 Å². The maximum absolute atomic E-state index is 12.3. The number of aromatic amines is 1. The van der Waals surface area contributed by atoms with Crippen LogP contribution in [-0.4, -0.2) is 37.2 Å². The molecule has 4 heterocycles. The zero-order valence-corrected chi connectivity index (χ0v) is 16.2. The van der Waals surface area contributed by atoms with Crippen LogP contribution in [0.5, 0.6) is 0 Å². The van der Waals surface area contributed by atoms with Crippen LogP contribution in [-0.2, 0) is 6.54 Å². The Hall–Kier alpha value is -2.93. The summed E-state index contributed by atoms with van der Waals surface area (Å²) in [5.74, 6) is 0.124. The second-order valence-corrected chi connectivity index (χ2v) is 7.63. The molecule has 0 saturated carbocycles. The number of ketones is 1. The van der Waals surface area contributed by atoms with Crippen molar-refractivity contribution in [3.05, 3.63) is 75.8 Å². The number of allylic oxidation sites excluding steroid dienone is 2. The molecule has 1 N–H and O–H groups in total. The van der Waals surface area contributed by atoms with Crippen LogP contribution in [0.25, 0.3) is 5.57 Å². The van der Waals surface area contributed by atoms with Crippen molar-refractivity contribution in [3.8, 4) is 0 Å². The molecule has 3 aromatic heterocycles. The number of thiophene rings is 1. The lowest BCUT2D eigenvalue weighted by Crippen LogP contribution is -2.21. The third-order valence-corrected chi connectivity index (χ3v) is 5.37. The van der Waals surface area contributed by atoms with Crippen LogP contribution in [0.1, 0.15) is 38.9 Å². The van der Waals surface area contributed by atoms with Crippen LogP contribution in [0, 0.1) is 13.8 Å². The molecule has 7 heteroatoms. The van der Waals surface area contributed by atoms with E-state index < -0.39 is 0 Å². The largest absolute Gasteiger partial charge is 0.346 e. The van der Waals surface area contributed by atoms with Gasteiger partial charge in [0.05, 0.1) is 35.0 Å². The van der Waals surface area contributed by atoms with Gasteiger partial charge in [-0.2, -0.15) is 10.2 Å². The maximum Gasteiger partial charge on any atom is 0.192 e. The molecule has 0 aliphatic carbocycles. The summed E-state index contributed by atoms with van der Waals surface area (Å²) in [5.41, 5.74) is 5.14. The number of nitrogens with one attached hydrogen (secondary N) is 1. The molecular formula is C20H21N5OS. The predicted molar refractivity (Wildman–Crippen MR) is 106 cm³/mol. The van der Waals surface area contributed by atoms with Crippen molar-refractivity contribution in [2.45, 2.75) is 26.8 Å². The van der Waals surface area contributed by atoms with Crippen LogP contribution >= 0.6 is 11.3 Å². The highest BCUT2D eigenvalue weighted by atomic mass is 32.1. The number of aryl methyl sites for hydroxylation is 2. The molecule has 0 fully saturated rings. The van der Waals surface area contributed by atoms with Gasteiger partial charge >= 0.3 is 0 Å². The predicted octanol–water partition coefficient (Wildman–Crippen LogP) is 3.78. The van der Waals surface area contributed by atoms with Gasteiger partial charge in [-0.25, -0.2) is 0 Å². The third-order valence-electron chi connectivity index (χ3n) is 4.46. The third kappa shape index (κ3) is 3.93. The fraction of sp³-hybridized carbons (Fsp3) is 0.250. The summed E-state index contributed by atoms with van der Waals surface area (Å²) in [7, 11) is 0. The van der Waals surface area contributed by atoms with Crippen molar-refractivity contribution < 1.29 is 4.79 Å². The van der Waals surface area contributed by atoms with Crippen molar-refractivity contribution in [2.24, 2.45) is 0 Å². The lowest BCUT2D eigenvalue weighted by molar-refractivity contribution is 0.0973. The normalized spacial score (nSPS) is 13.9. The number of rotatable bonds is 6. The first-order valence-corrected chi connectivity index (χ1v) is 9.72. The summed E-state index contributed by atoms with van der Waals surface area (Å²) in [4.78, 5) is 15.0. The lowest BCUT2D eigenvalue weighted by Gasteiger charge is -2.19. The van der Waals surface area contributed by atoms with Gasteiger partial charge in [0.15, 0.2) is 5.78 Å². The number of hydrogen-bond donors (Lipinski definition) is 1. The summed E-state index contributed by atoms with van der Waals surface area (Å²) >= 11 is 1.48. The summed E-state index contributed by atoms with van der Waals surface area (Å²) in [6.45, 7) is 5.04. The van der Waals surface area contributed by atoms with E-state index in [9.17, 15) is 4.79 Å². The fourth-order valence-corrected chi connectivity index (χ4v) is 3.82. The van der Waals surface area contributed by atoms with Gasteiger partial charge in [-0.05, 0) is 49.4 Å². The van der Waals surface area contributed by atoms with Crippen LogP contribution in [0.4, 0.5) is 0 Å². The Labute approximate surface area is 161 Å². The van der Waals surface area contributed by atoms with Gasteiger partial charge in [-0.1, -0.05) is 12.1 Å². The zero-order chi connectivity index (χ0) is 18.8. The molecule has 0 saturated heterocycles. The minimum atomic E-state index is 0.124. The molecule has 3 aromatic rings. The summed E-state index contributed by atoms with van der Waals surface area (Å²) in [6, 6.07) is 7.89. The van der Waals surface area contributed by atoms with Crippen molar-refractivity contribution >= 4 is 22.7 Å². The Morgan fingerprint density at radius 1 is 1.33 bits per heavy atom. The molecule has 27 heavy (non-hydrogen) atoms. The standard InChI is InChI=1S/C20H21N5OS/c1-14-9-15(2)25(23-14)12-17-10-18(22-21-17)16-5-3-7-24(11-16)13-19(26)20-6-4-8-27-20/h3-4,6-11H,5,12-13H2,1-2H3,(H,21,22). The SMILES string of the molecule is Cc1cc(C)n(Cc2cc(C3=CN(CC(=O)c4cccs4)C=CC3)n[nH]2)n1. The van der Waals surface area contributed by atoms with Crippen molar-refractivity contribution in [1.82, 2.24) is 24.9 Å². The van der Waals surface area contributed by atoms with Gasteiger partial charge in [0, 0.05) is 18.1 Å². The molecule has 6 nitrogen and oxygen atoms in total. The molecule has 0 spiro atoms. The van der Waals surface area contributed by atoms with E-state index in [1.54, 1.807) is 0 Å². The van der Waals surface area contributed by atoms with Gasteiger partial charge in [-0.15, -0.1) is 11.3 Å². The average molecular weight is 379 g/mol. The highest BCUT2D eigenvalue weighted by Gasteiger charge is 2.15. The van der Waals surface area contributed by atoms with E-state index in [0.29, 0.717) is 13.1 Å². The van der Waals surface area contributed by atoms with E-state index in [2.05, 4.69) is 33.5 Å². The first-order chi connectivity index (χ1) is 13.1. The average Bonchev–Trinajstić information content (AvgIpc) is 3.38. The summed E-state index contributed by atoms with van der Waals surface area (Å²) < 4.78 is 1.97. The van der Waals surface area contributed by atoms with Gasteiger partial charge in [0.2, 0.25) is 0 Å². The van der Waals surface area contributed by atoms with Crippen LogP contribution in [0.15, 0.2) is 48.1 Å². The first kappa shape index (κ1) is 17.5. The Morgan fingerprint density at radius 3 is 2.96 bits per heavy atom. The quantitative estimate of drug-likeness (QED) is 0.662. The van der Waals surface area contributed by atoms with Crippen molar-refractivity contribution in [1.29, 1.82) is 0 Å². The van der Waals surface area contributed by atoms with Crippen LogP contribution < -0.4 is 0 Å². The minimum absolute atomic E-state index is 0.124. The molecule has 1 aliphatic rings. The van der Waals surface area contributed by atoms with Gasteiger partial charge in [0.1, 0.15) is 0 Å². The second kappa shape index (κ2) is 7.36. The number of Topliss-reactive ketones (excluding diaryl/α,β-unsaturated/α-hetero) is 1. The number of aromatic nitrogens is 4. The molecule has 0 aromatic carbocycles. The molecule has 0 amide bonds. The molecule has 0 radical (unpaired) electrons. The van der Waals surface area contributed by atoms with E-state index >= 15 is 0 Å². The first-order valence-electron chi connectivity index (χ1n) is 8.84. The van der Waals surface area contributed by atoms with Crippen molar-refractivity contribution in [3.63, 3.8) is 0 Å². The van der Waals surface area contributed by atoms with E-state index in [4.69, 9.17) is 0 Å². The molecule has 1 aliphatic heterocycles. The molecule has 0 atom stereocenters. The molecule has 0 bridgehead atoms. The smallest absolute Gasteiger partial charge is 0.192 e. The Balaban J connectivity index is 1.46. The molecule has 138 valence electrons. The van der Waals surface area contributed by atoms with Gasteiger partial charge in [-0.3, -0.25) is 14.6 Å². The highest BCUT2D eigenvalue weighted by Crippen LogP contribution is 2.23. The number of nitrogens with zero attached hydrogens (tertiary/aromatic N) is 4. The summed E-state index contributed by atoms with van der Waals surface area (Å²) in [5, 5.41) is 14.0. The molecule has 0 unspecified atom stereocenters. The van der Waals surface area contributed by atoms with Crippen molar-refractivity contribution in [2.75, 3.05) is 6.54 Å². The van der Waals surface area contributed by atoms with Gasteiger partial charge in [0.25, 0.3) is 0 Å². The van der Waals surface area contributed by atoms with E-state index in [1.807, 2.05) is 53.3 Å². The highest BCUT2D eigenvalue weighted by molar-refractivity contribution is 7.12. The second-order valence-electron chi connectivity index (χ2n) is 6.68. The Kier molecular flexibility index (Phi) is 4.77. The van der Waals surface area contributed by atoms with E-state index in [1.165, 1.54) is 11.3 Å². The summed E-state index contributed by atoms with van der Waals surface area (Å²) in [6.07, 6.45) is 6.83.